The van der Waals surface area contributed by atoms with Crippen molar-refractivity contribution in [1.29, 1.82) is 0 Å². The summed E-state index contributed by atoms with van der Waals surface area (Å²) in [6.07, 6.45) is 7.00. The highest BCUT2D eigenvalue weighted by Crippen LogP contribution is 2.20. The smallest absolute Gasteiger partial charge is 0.320 e. The summed E-state index contributed by atoms with van der Waals surface area (Å²) < 4.78 is 0. The average molecular weight is 238 g/mol. The third-order valence-corrected chi connectivity index (χ3v) is 2.91. The number of nitrogens with zero attached hydrogens (tertiary/aromatic N) is 2. The van der Waals surface area contributed by atoms with Gasteiger partial charge in [-0.3, -0.25) is 4.79 Å². The lowest BCUT2D eigenvalue weighted by atomic mass is 9.95. The third-order valence-electron chi connectivity index (χ3n) is 2.91. The van der Waals surface area contributed by atoms with E-state index in [1.165, 1.54) is 4.90 Å². The first kappa shape index (κ1) is 13.4. The van der Waals surface area contributed by atoms with E-state index in [1.54, 1.807) is 11.9 Å². The number of hydrogen-bond acceptors (Lipinski definition) is 2. The number of carbonyl (C=O) groups excluding carboxylic acids is 1. The Hall–Kier alpha value is -1.70. The average Bonchev–Trinajstić information content (AvgIpc) is 2.28. The van der Waals surface area contributed by atoms with Gasteiger partial charge in [0.15, 0.2) is 0 Å². The van der Waals surface area contributed by atoms with Crippen LogP contribution in [-0.2, 0) is 4.79 Å². The molecule has 1 saturated heterocycles. The van der Waals surface area contributed by atoms with Crippen LogP contribution in [-0.4, -0.2) is 53.6 Å². The van der Waals surface area contributed by atoms with Crippen molar-refractivity contribution in [2.45, 2.75) is 19.3 Å². The van der Waals surface area contributed by atoms with Crippen molar-refractivity contribution >= 4 is 12.0 Å². The van der Waals surface area contributed by atoms with Crippen LogP contribution in [0.2, 0.25) is 0 Å². The van der Waals surface area contributed by atoms with Crippen LogP contribution in [0.1, 0.15) is 19.3 Å². The van der Waals surface area contributed by atoms with Crippen molar-refractivity contribution in [2.24, 2.45) is 5.92 Å². The van der Waals surface area contributed by atoms with E-state index in [2.05, 4.69) is 5.92 Å². The van der Waals surface area contributed by atoms with Gasteiger partial charge in [-0.1, -0.05) is 5.92 Å². The van der Waals surface area contributed by atoms with E-state index in [1.807, 2.05) is 0 Å². The van der Waals surface area contributed by atoms with Gasteiger partial charge in [-0.05, 0) is 18.8 Å². The maximum atomic E-state index is 11.9. The van der Waals surface area contributed by atoms with Crippen LogP contribution >= 0.6 is 0 Å². The maximum Gasteiger partial charge on any atom is 0.320 e. The molecule has 2 amide bonds. The zero-order valence-corrected chi connectivity index (χ0v) is 10.1. The first-order valence-corrected chi connectivity index (χ1v) is 5.70. The van der Waals surface area contributed by atoms with Gasteiger partial charge >= 0.3 is 12.0 Å². The topological polar surface area (TPSA) is 60.9 Å². The highest BCUT2D eigenvalue weighted by molar-refractivity contribution is 5.74. The highest BCUT2D eigenvalue weighted by Gasteiger charge is 2.26. The fraction of sp³-hybridized carbons (Fsp3) is 0.667. The Morgan fingerprint density at radius 3 is 2.88 bits per heavy atom. The lowest BCUT2D eigenvalue weighted by molar-refractivity contribution is -0.138. The molecular weight excluding hydrogens is 220 g/mol. The fourth-order valence-corrected chi connectivity index (χ4v) is 2.10. The molecule has 94 valence electrons. The summed E-state index contributed by atoms with van der Waals surface area (Å²) >= 11 is 0. The molecule has 0 aromatic carbocycles. The van der Waals surface area contributed by atoms with Crippen molar-refractivity contribution in [3.05, 3.63) is 0 Å². The largest absolute Gasteiger partial charge is 0.481 e. The van der Waals surface area contributed by atoms with Crippen LogP contribution in [0.5, 0.6) is 0 Å². The van der Waals surface area contributed by atoms with Crippen LogP contribution in [0.15, 0.2) is 0 Å². The summed E-state index contributed by atoms with van der Waals surface area (Å²) in [7, 11) is 1.66. The molecule has 1 aliphatic heterocycles. The van der Waals surface area contributed by atoms with Gasteiger partial charge in [0.1, 0.15) is 0 Å². The predicted octanol–water partition coefficient (Wildman–Crippen LogP) is 0.858. The van der Waals surface area contributed by atoms with Crippen LogP contribution in [0, 0.1) is 18.3 Å². The van der Waals surface area contributed by atoms with Crippen LogP contribution in [0.25, 0.3) is 0 Å². The minimum absolute atomic E-state index is 0.0597. The molecule has 1 aliphatic rings. The van der Waals surface area contributed by atoms with Crippen LogP contribution in [0.4, 0.5) is 4.79 Å². The first-order valence-electron chi connectivity index (χ1n) is 5.70. The van der Waals surface area contributed by atoms with E-state index in [0.717, 1.165) is 12.8 Å². The Kier molecular flexibility index (Phi) is 4.83. The Bertz CT molecular complexity index is 335. The predicted molar refractivity (Wildman–Crippen MR) is 63.4 cm³/mol. The van der Waals surface area contributed by atoms with E-state index < -0.39 is 5.97 Å². The summed E-state index contributed by atoms with van der Waals surface area (Å²) in [5, 5.41) is 8.74. The Morgan fingerprint density at radius 1 is 1.59 bits per heavy atom. The van der Waals surface area contributed by atoms with Gasteiger partial charge in [0.25, 0.3) is 0 Å². The molecule has 0 saturated carbocycles. The van der Waals surface area contributed by atoms with E-state index >= 15 is 0 Å². The monoisotopic (exact) mass is 238 g/mol. The third kappa shape index (κ3) is 3.99. The fourth-order valence-electron chi connectivity index (χ4n) is 2.10. The molecular formula is C12H18N2O3. The van der Waals surface area contributed by atoms with Gasteiger partial charge in [0, 0.05) is 26.6 Å². The van der Waals surface area contributed by atoms with Crippen molar-refractivity contribution in [3.8, 4) is 12.3 Å². The summed E-state index contributed by atoms with van der Waals surface area (Å²) in [6, 6.07) is -0.113. The van der Waals surface area contributed by atoms with E-state index in [4.69, 9.17) is 11.5 Å². The van der Waals surface area contributed by atoms with Crippen molar-refractivity contribution in [1.82, 2.24) is 9.80 Å². The van der Waals surface area contributed by atoms with Gasteiger partial charge in [-0.15, -0.1) is 6.42 Å². The van der Waals surface area contributed by atoms with Gasteiger partial charge < -0.3 is 14.9 Å². The molecule has 1 fully saturated rings. The second-order valence-electron chi connectivity index (χ2n) is 4.39. The standard InChI is InChI=1S/C12H18N2O3/c1-3-6-13(2)12(17)14-7-4-5-10(9-14)8-11(15)16/h1,10H,4-9H2,2H3,(H,15,16). The molecule has 0 bridgehead atoms. The molecule has 1 rings (SSSR count). The summed E-state index contributed by atoms with van der Waals surface area (Å²) in [6.45, 7) is 1.48. The molecule has 1 atom stereocenters. The molecule has 0 aromatic rings. The number of carbonyl (C=O) groups is 2. The van der Waals surface area contributed by atoms with Crippen molar-refractivity contribution in [3.63, 3.8) is 0 Å². The van der Waals surface area contributed by atoms with E-state index in [0.29, 0.717) is 13.1 Å². The minimum Gasteiger partial charge on any atom is -0.481 e. The molecule has 5 nitrogen and oxygen atoms in total. The van der Waals surface area contributed by atoms with Gasteiger partial charge in [0.2, 0.25) is 0 Å². The minimum atomic E-state index is -0.804. The zero-order valence-electron chi connectivity index (χ0n) is 10.1. The second-order valence-corrected chi connectivity index (χ2v) is 4.39. The summed E-state index contributed by atoms with van der Waals surface area (Å²) in [5.74, 6) is 1.67. The van der Waals surface area contributed by atoms with Crippen LogP contribution in [0.3, 0.4) is 0 Å². The number of likely N-dealkylation sites (tertiary alicyclic amines) is 1. The first-order chi connectivity index (χ1) is 8.04. The highest BCUT2D eigenvalue weighted by atomic mass is 16.4. The lowest BCUT2D eigenvalue weighted by Crippen LogP contribution is -2.46. The van der Waals surface area contributed by atoms with Crippen LogP contribution < -0.4 is 0 Å². The molecule has 17 heavy (non-hydrogen) atoms. The number of piperidine rings is 1. The number of carboxylic acids is 1. The van der Waals surface area contributed by atoms with E-state index in [-0.39, 0.29) is 24.9 Å². The number of aliphatic carboxylic acids is 1. The van der Waals surface area contributed by atoms with Crippen molar-refractivity contribution < 1.29 is 14.7 Å². The molecule has 5 heteroatoms. The SMILES string of the molecule is C#CCN(C)C(=O)N1CCCC(CC(=O)O)C1. The number of terminal acetylenes is 1. The molecule has 0 aliphatic carbocycles. The Balaban J connectivity index is 2.51. The quantitative estimate of drug-likeness (QED) is 0.742. The number of rotatable bonds is 3. The van der Waals surface area contributed by atoms with Gasteiger partial charge in [-0.25, -0.2) is 4.79 Å². The van der Waals surface area contributed by atoms with Gasteiger partial charge in [-0.2, -0.15) is 0 Å². The summed E-state index contributed by atoms with van der Waals surface area (Å²) in [4.78, 5) is 25.7. The lowest BCUT2D eigenvalue weighted by Gasteiger charge is -2.34. The Labute approximate surface area is 101 Å². The number of hydrogen-bond donors (Lipinski definition) is 1. The molecule has 0 radical (unpaired) electrons. The summed E-state index contributed by atoms with van der Waals surface area (Å²) in [5.41, 5.74) is 0. The number of amides is 2. The number of carboxylic acid groups (broad SMARTS) is 1. The maximum absolute atomic E-state index is 11.9. The molecule has 0 spiro atoms. The molecule has 1 unspecified atom stereocenters. The Morgan fingerprint density at radius 2 is 2.29 bits per heavy atom. The molecule has 1 heterocycles. The zero-order chi connectivity index (χ0) is 12.8. The van der Waals surface area contributed by atoms with E-state index in [9.17, 15) is 9.59 Å². The van der Waals surface area contributed by atoms with Gasteiger partial charge in [0.05, 0.1) is 6.54 Å². The normalized spacial score (nSPS) is 19.5. The van der Waals surface area contributed by atoms with Crippen molar-refractivity contribution in [2.75, 3.05) is 26.7 Å². The molecule has 0 aromatic heterocycles. The molecule has 1 N–H and O–H groups in total. The number of urea groups is 1. The second kappa shape index (κ2) is 6.14.